The molecular weight excluding hydrogens is 450 g/mol. The van der Waals surface area contributed by atoms with Crippen molar-refractivity contribution in [2.24, 2.45) is 0 Å². The quantitative estimate of drug-likeness (QED) is 0.567. The van der Waals surface area contributed by atoms with Gasteiger partial charge in [0, 0.05) is 35.9 Å². The molecule has 1 aromatic heterocycles. The topological polar surface area (TPSA) is 97.8 Å². The lowest BCUT2D eigenvalue weighted by molar-refractivity contribution is -0.115. The molecule has 1 fully saturated rings. The molecule has 1 N–H and O–H groups in total. The van der Waals surface area contributed by atoms with Crippen molar-refractivity contribution in [1.82, 2.24) is 9.29 Å². The Morgan fingerprint density at radius 2 is 1.94 bits per heavy atom. The number of amides is 1. The SMILES string of the molecule is COc1ccc(CC(=O)Nc2ccc(-c3nccs3)cc2)cc1S(=O)(=O)N1CCOCC1. The standard InChI is InChI=1S/C22H23N3O5S2/c1-29-19-7-2-16(14-20(19)32(27,28)25-9-11-30-12-10-25)15-21(26)24-18-5-3-17(4-6-18)22-23-8-13-31-22/h2-8,13-14H,9-12,15H2,1H3,(H,24,26). The molecule has 0 spiro atoms. The van der Waals surface area contributed by atoms with E-state index in [0.29, 0.717) is 24.5 Å². The second-order valence-corrected chi connectivity index (χ2v) is 9.94. The number of aromatic nitrogens is 1. The van der Waals surface area contributed by atoms with Gasteiger partial charge in [0.25, 0.3) is 0 Å². The number of methoxy groups -OCH3 is 1. The Labute approximate surface area is 190 Å². The molecule has 10 heteroatoms. The maximum Gasteiger partial charge on any atom is 0.246 e. The fourth-order valence-electron chi connectivity index (χ4n) is 3.41. The number of ether oxygens (including phenoxy) is 2. The van der Waals surface area contributed by atoms with Gasteiger partial charge in [-0.15, -0.1) is 11.3 Å². The number of carbonyl (C=O) groups excluding carboxylic acids is 1. The molecule has 0 aliphatic carbocycles. The van der Waals surface area contributed by atoms with E-state index < -0.39 is 10.0 Å². The van der Waals surface area contributed by atoms with Crippen molar-refractivity contribution in [1.29, 1.82) is 0 Å². The molecule has 2 heterocycles. The van der Waals surface area contributed by atoms with Gasteiger partial charge in [-0.05, 0) is 42.0 Å². The molecule has 0 saturated carbocycles. The average Bonchev–Trinajstić information content (AvgIpc) is 3.35. The van der Waals surface area contributed by atoms with Gasteiger partial charge in [0.2, 0.25) is 15.9 Å². The maximum atomic E-state index is 13.1. The summed E-state index contributed by atoms with van der Waals surface area (Å²) in [5.74, 6) is 0.00492. The lowest BCUT2D eigenvalue weighted by Crippen LogP contribution is -2.40. The highest BCUT2D eigenvalue weighted by Gasteiger charge is 2.29. The molecule has 0 atom stereocenters. The fourth-order valence-corrected chi connectivity index (χ4v) is 5.67. The van der Waals surface area contributed by atoms with E-state index in [2.05, 4.69) is 10.3 Å². The number of benzene rings is 2. The lowest BCUT2D eigenvalue weighted by Gasteiger charge is -2.26. The van der Waals surface area contributed by atoms with Crippen LogP contribution < -0.4 is 10.1 Å². The largest absolute Gasteiger partial charge is 0.495 e. The average molecular weight is 474 g/mol. The van der Waals surface area contributed by atoms with Crippen molar-refractivity contribution in [3.63, 3.8) is 0 Å². The van der Waals surface area contributed by atoms with Crippen molar-refractivity contribution in [2.75, 3.05) is 38.7 Å². The van der Waals surface area contributed by atoms with Crippen molar-refractivity contribution in [2.45, 2.75) is 11.3 Å². The van der Waals surface area contributed by atoms with Crippen molar-refractivity contribution < 1.29 is 22.7 Å². The first kappa shape index (κ1) is 22.4. The first-order valence-electron chi connectivity index (χ1n) is 10.0. The summed E-state index contributed by atoms with van der Waals surface area (Å²) in [6.45, 7) is 1.27. The zero-order chi connectivity index (χ0) is 22.6. The number of thiazole rings is 1. The summed E-state index contributed by atoms with van der Waals surface area (Å²) in [6, 6.07) is 12.2. The van der Waals surface area contributed by atoms with Crippen LogP contribution in [-0.2, 0) is 26.0 Å². The molecule has 3 aromatic rings. The van der Waals surface area contributed by atoms with Crippen LogP contribution in [0.15, 0.2) is 58.9 Å². The van der Waals surface area contributed by atoms with E-state index in [1.807, 2.05) is 29.6 Å². The third kappa shape index (κ3) is 4.99. The molecule has 4 rings (SSSR count). The van der Waals surface area contributed by atoms with E-state index in [-0.39, 0.29) is 36.1 Å². The molecule has 1 amide bonds. The molecule has 1 aliphatic rings. The molecule has 0 radical (unpaired) electrons. The molecule has 32 heavy (non-hydrogen) atoms. The van der Waals surface area contributed by atoms with Crippen LogP contribution >= 0.6 is 11.3 Å². The van der Waals surface area contributed by atoms with Gasteiger partial charge in [0.15, 0.2) is 0 Å². The van der Waals surface area contributed by atoms with Crippen LogP contribution in [0.5, 0.6) is 5.75 Å². The fraction of sp³-hybridized carbons (Fsp3) is 0.273. The first-order chi connectivity index (χ1) is 15.5. The second kappa shape index (κ2) is 9.78. The van der Waals surface area contributed by atoms with Crippen LogP contribution in [0.1, 0.15) is 5.56 Å². The number of rotatable bonds is 7. The zero-order valence-electron chi connectivity index (χ0n) is 17.5. The van der Waals surface area contributed by atoms with E-state index in [1.165, 1.54) is 17.5 Å². The molecular formula is C22H23N3O5S2. The van der Waals surface area contributed by atoms with Gasteiger partial charge in [0.05, 0.1) is 26.7 Å². The number of sulfonamides is 1. The Kier molecular flexibility index (Phi) is 6.85. The van der Waals surface area contributed by atoms with E-state index in [4.69, 9.17) is 9.47 Å². The first-order valence-corrected chi connectivity index (χ1v) is 12.3. The predicted octanol–water partition coefficient (Wildman–Crippen LogP) is 3.02. The Morgan fingerprint density at radius 1 is 1.19 bits per heavy atom. The van der Waals surface area contributed by atoms with Crippen LogP contribution in [0.25, 0.3) is 10.6 Å². The van der Waals surface area contributed by atoms with Gasteiger partial charge in [-0.25, -0.2) is 13.4 Å². The summed E-state index contributed by atoms with van der Waals surface area (Å²) in [5.41, 5.74) is 2.21. The van der Waals surface area contributed by atoms with Gasteiger partial charge in [-0.1, -0.05) is 6.07 Å². The highest BCUT2D eigenvalue weighted by Crippen LogP contribution is 2.29. The summed E-state index contributed by atoms with van der Waals surface area (Å²) in [7, 11) is -2.33. The number of nitrogens with zero attached hydrogens (tertiary/aromatic N) is 2. The van der Waals surface area contributed by atoms with Gasteiger partial charge >= 0.3 is 0 Å². The normalized spacial score (nSPS) is 14.8. The maximum absolute atomic E-state index is 13.1. The third-order valence-corrected chi connectivity index (χ3v) is 7.77. The Hall–Kier alpha value is -2.79. The van der Waals surface area contributed by atoms with Crippen LogP contribution in [0, 0.1) is 0 Å². The van der Waals surface area contributed by atoms with E-state index in [9.17, 15) is 13.2 Å². The molecule has 1 aliphatic heterocycles. The summed E-state index contributed by atoms with van der Waals surface area (Å²) in [6.07, 6.45) is 1.78. The number of hydrogen-bond acceptors (Lipinski definition) is 7. The number of hydrogen-bond donors (Lipinski definition) is 1. The minimum absolute atomic E-state index is 0.0316. The van der Waals surface area contributed by atoms with Crippen LogP contribution in [0.2, 0.25) is 0 Å². The Balaban J connectivity index is 1.48. The predicted molar refractivity (Wildman–Crippen MR) is 122 cm³/mol. The van der Waals surface area contributed by atoms with Crippen LogP contribution in [0.4, 0.5) is 5.69 Å². The minimum Gasteiger partial charge on any atom is -0.495 e. The number of carbonyl (C=O) groups is 1. The molecule has 2 aromatic carbocycles. The monoisotopic (exact) mass is 473 g/mol. The molecule has 168 valence electrons. The Bertz CT molecular complexity index is 1170. The van der Waals surface area contributed by atoms with E-state index >= 15 is 0 Å². The summed E-state index contributed by atoms with van der Waals surface area (Å²) in [4.78, 5) is 16.9. The third-order valence-electron chi connectivity index (χ3n) is 5.03. The summed E-state index contributed by atoms with van der Waals surface area (Å²) in [5, 5.41) is 5.67. The lowest BCUT2D eigenvalue weighted by atomic mass is 10.1. The highest BCUT2D eigenvalue weighted by molar-refractivity contribution is 7.89. The summed E-state index contributed by atoms with van der Waals surface area (Å²) < 4.78 is 38.1. The van der Waals surface area contributed by atoms with Crippen LogP contribution in [0.3, 0.4) is 0 Å². The highest BCUT2D eigenvalue weighted by atomic mass is 32.2. The van der Waals surface area contributed by atoms with Crippen molar-refractivity contribution >= 4 is 33.0 Å². The summed E-state index contributed by atoms with van der Waals surface area (Å²) >= 11 is 1.55. The second-order valence-electron chi connectivity index (χ2n) is 7.14. The number of nitrogens with one attached hydrogen (secondary N) is 1. The molecule has 8 nitrogen and oxygen atoms in total. The van der Waals surface area contributed by atoms with Crippen molar-refractivity contribution in [3.8, 4) is 16.3 Å². The van der Waals surface area contributed by atoms with Gasteiger partial charge in [-0.2, -0.15) is 4.31 Å². The molecule has 0 bridgehead atoms. The Morgan fingerprint density at radius 3 is 2.59 bits per heavy atom. The van der Waals surface area contributed by atoms with E-state index in [1.54, 1.807) is 29.7 Å². The zero-order valence-corrected chi connectivity index (χ0v) is 19.1. The molecule has 0 unspecified atom stereocenters. The molecule has 1 saturated heterocycles. The van der Waals surface area contributed by atoms with E-state index in [0.717, 1.165) is 10.6 Å². The van der Waals surface area contributed by atoms with Crippen molar-refractivity contribution in [3.05, 3.63) is 59.6 Å². The van der Waals surface area contributed by atoms with Gasteiger partial charge in [0.1, 0.15) is 15.7 Å². The number of morpholine rings is 1. The van der Waals surface area contributed by atoms with Gasteiger partial charge < -0.3 is 14.8 Å². The number of anilines is 1. The minimum atomic E-state index is -3.76. The van der Waals surface area contributed by atoms with Gasteiger partial charge in [-0.3, -0.25) is 4.79 Å². The smallest absolute Gasteiger partial charge is 0.246 e. The van der Waals surface area contributed by atoms with Crippen LogP contribution in [-0.4, -0.2) is 57.0 Å².